The zero-order valence-electron chi connectivity index (χ0n) is 7.18. The Kier molecular flexibility index (Phi) is 6.45. The molecule has 0 aromatic carbocycles. The van der Waals surface area contributed by atoms with Gasteiger partial charge in [0.1, 0.15) is 0 Å². The Bertz CT molecular complexity index is 131. The van der Waals surface area contributed by atoms with Gasteiger partial charge in [-0.05, 0) is 0 Å². The predicted molar refractivity (Wildman–Crippen MR) is 47.5 cm³/mol. The van der Waals surface area contributed by atoms with Crippen molar-refractivity contribution in [3.8, 4) is 0 Å². The minimum Gasteiger partial charge on any atom is -0.314 e. The van der Waals surface area contributed by atoms with Gasteiger partial charge in [-0.1, -0.05) is 0 Å². The first-order valence-corrected chi connectivity index (χ1v) is 4.05. The van der Waals surface area contributed by atoms with Crippen molar-refractivity contribution in [3.05, 3.63) is 0 Å². The van der Waals surface area contributed by atoms with Gasteiger partial charge in [-0.15, -0.1) is 12.4 Å². The molecule has 1 aliphatic heterocycles. The molecule has 0 spiro atoms. The molecule has 0 radical (unpaired) electrons. The number of hydrogen-bond acceptors (Lipinski definition) is 2. The maximum atomic E-state index is 12.5. The lowest BCUT2D eigenvalue weighted by atomic mass is 10.3. The van der Waals surface area contributed by atoms with Gasteiger partial charge in [-0.2, -0.15) is 0 Å². The number of hydrogen-bond donors (Lipinski definition) is 1. The van der Waals surface area contributed by atoms with Gasteiger partial charge in [0.05, 0.1) is 0 Å². The van der Waals surface area contributed by atoms with Crippen LogP contribution in [0.15, 0.2) is 0 Å². The largest absolute Gasteiger partial charge is 0.314 e. The van der Waals surface area contributed by atoms with Crippen LogP contribution in [0.2, 0.25) is 0 Å². The van der Waals surface area contributed by atoms with Crippen LogP contribution < -0.4 is 5.32 Å². The normalized spacial score (nSPS) is 21.2. The van der Waals surface area contributed by atoms with Crippen LogP contribution in [0.5, 0.6) is 0 Å². The van der Waals surface area contributed by atoms with E-state index in [1.165, 1.54) is 0 Å². The molecule has 2 nitrogen and oxygen atoms in total. The predicted octanol–water partition coefficient (Wildman–Crippen LogP) is 0.917. The Morgan fingerprint density at radius 1 is 1.15 bits per heavy atom. The highest BCUT2D eigenvalue weighted by Crippen LogP contribution is 2.07. The summed E-state index contributed by atoms with van der Waals surface area (Å²) >= 11 is 0. The zero-order valence-corrected chi connectivity index (χ0v) is 8.00. The molecule has 0 aromatic heterocycles. The SMILES string of the molecule is Cl.FC(F)C(F)CN1CCNCC1. The maximum absolute atomic E-state index is 12.5. The summed E-state index contributed by atoms with van der Waals surface area (Å²) in [5, 5.41) is 3.07. The first-order valence-electron chi connectivity index (χ1n) is 4.05. The molecule has 0 aliphatic carbocycles. The molecule has 0 bridgehead atoms. The molecule has 0 saturated carbocycles. The molecule has 6 heteroatoms. The molecule has 0 amide bonds. The molecule has 1 saturated heterocycles. The van der Waals surface area contributed by atoms with Crippen LogP contribution in [0.25, 0.3) is 0 Å². The summed E-state index contributed by atoms with van der Waals surface area (Å²) in [5.74, 6) is 0. The molecule has 13 heavy (non-hydrogen) atoms. The molecule has 1 heterocycles. The van der Waals surface area contributed by atoms with Gasteiger partial charge in [0.25, 0.3) is 6.43 Å². The van der Waals surface area contributed by atoms with E-state index in [4.69, 9.17) is 0 Å². The van der Waals surface area contributed by atoms with E-state index in [2.05, 4.69) is 5.32 Å². The van der Waals surface area contributed by atoms with Crippen LogP contribution in [0.3, 0.4) is 0 Å². The fourth-order valence-electron chi connectivity index (χ4n) is 1.22. The lowest BCUT2D eigenvalue weighted by Crippen LogP contribution is -2.46. The first-order chi connectivity index (χ1) is 5.70. The van der Waals surface area contributed by atoms with Crippen molar-refractivity contribution < 1.29 is 13.2 Å². The maximum Gasteiger partial charge on any atom is 0.270 e. The van der Waals surface area contributed by atoms with E-state index in [0.717, 1.165) is 13.1 Å². The highest BCUT2D eigenvalue weighted by molar-refractivity contribution is 5.85. The molecular formula is C7H14ClF3N2. The number of nitrogens with zero attached hydrogens (tertiary/aromatic N) is 1. The average Bonchev–Trinajstić information content (AvgIpc) is 2.06. The van der Waals surface area contributed by atoms with Crippen LogP contribution in [0.4, 0.5) is 13.2 Å². The van der Waals surface area contributed by atoms with Crippen molar-refractivity contribution in [1.82, 2.24) is 10.2 Å². The summed E-state index contributed by atoms with van der Waals surface area (Å²) < 4.78 is 36.0. The van der Waals surface area contributed by atoms with Crippen molar-refractivity contribution in [3.63, 3.8) is 0 Å². The molecule has 1 unspecified atom stereocenters. The fourth-order valence-corrected chi connectivity index (χ4v) is 1.22. The Morgan fingerprint density at radius 2 is 1.69 bits per heavy atom. The molecular weight excluding hydrogens is 205 g/mol. The average molecular weight is 219 g/mol. The third kappa shape index (κ3) is 4.69. The smallest absolute Gasteiger partial charge is 0.270 e. The molecule has 1 atom stereocenters. The Hall–Kier alpha value is -0.0000000000000000416. The summed E-state index contributed by atoms with van der Waals surface area (Å²) in [6, 6.07) is 0. The molecule has 1 fully saturated rings. The topological polar surface area (TPSA) is 15.3 Å². The van der Waals surface area contributed by atoms with E-state index in [1.807, 2.05) is 0 Å². The van der Waals surface area contributed by atoms with Crippen LogP contribution in [0.1, 0.15) is 0 Å². The quantitative estimate of drug-likeness (QED) is 0.758. The summed E-state index contributed by atoms with van der Waals surface area (Å²) in [6.45, 7) is 2.70. The van der Waals surface area contributed by atoms with E-state index < -0.39 is 12.6 Å². The number of rotatable bonds is 3. The number of nitrogens with one attached hydrogen (secondary N) is 1. The van der Waals surface area contributed by atoms with E-state index in [0.29, 0.717) is 13.1 Å². The fraction of sp³-hybridized carbons (Fsp3) is 1.00. The Balaban J connectivity index is 0.00000144. The second kappa shape index (κ2) is 6.45. The second-order valence-electron chi connectivity index (χ2n) is 2.90. The van der Waals surface area contributed by atoms with Crippen LogP contribution in [0, 0.1) is 0 Å². The third-order valence-electron chi connectivity index (χ3n) is 1.92. The monoisotopic (exact) mass is 218 g/mol. The minimum absolute atomic E-state index is 0. The molecule has 1 rings (SSSR count). The van der Waals surface area contributed by atoms with E-state index in [9.17, 15) is 13.2 Å². The van der Waals surface area contributed by atoms with E-state index in [-0.39, 0.29) is 19.0 Å². The summed E-state index contributed by atoms with van der Waals surface area (Å²) in [7, 11) is 0. The van der Waals surface area contributed by atoms with Gasteiger partial charge in [0, 0.05) is 32.7 Å². The van der Waals surface area contributed by atoms with Crippen LogP contribution in [-0.2, 0) is 0 Å². The number of halogens is 4. The van der Waals surface area contributed by atoms with E-state index in [1.54, 1.807) is 4.90 Å². The van der Waals surface area contributed by atoms with E-state index >= 15 is 0 Å². The van der Waals surface area contributed by atoms with Gasteiger partial charge in [-0.3, -0.25) is 4.90 Å². The third-order valence-corrected chi connectivity index (χ3v) is 1.92. The van der Waals surface area contributed by atoms with Gasteiger partial charge < -0.3 is 5.32 Å². The highest BCUT2D eigenvalue weighted by atomic mass is 35.5. The zero-order chi connectivity index (χ0) is 8.97. The summed E-state index contributed by atoms with van der Waals surface area (Å²) in [4.78, 5) is 1.72. The molecule has 1 aliphatic rings. The molecule has 80 valence electrons. The molecule has 0 aromatic rings. The summed E-state index contributed by atoms with van der Waals surface area (Å²) in [5.41, 5.74) is 0. The van der Waals surface area contributed by atoms with Gasteiger partial charge in [-0.25, -0.2) is 13.2 Å². The lowest BCUT2D eigenvalue weighted by Gasteiger charge is -2.28. The van der Waals surface area contributed by atoms with Crippen molar-refractivity contribution in [1.29, 1.82) is 0 Å². The van der Waals surface area contributed by atoms with Crippen molar-refractivity contribution in [2.45, 2.75) is 12.6 Å². The van der Waals surface area contributed by atoms with Gasteiger partial charge in [0.2, 0.25) is 0 Å². The van der Waals surface area contributed by atoms with Crippen LogP contribution >= 0.6 is 12.4 Å². The summed E-state index contributed by atoms with van der Waals surface area (Å²) in [6.07, 6.45) is -4.84. The van der Waals surface area contributed by atoms with Crippen molar-refractivity contribution in [2.75, 3.05) is 32.7 Å². The van der Waals surface area contributed by atoms with Gasteiger partial charge >= 0.3 is 0 Å². The van der Waals surface area contributed by atoms with Crippen molar-refractivity contribution >= 4 is 12.4 Å². The van der Waals surface area contributed by atoms with Crippen LogP contribution in [-0.4, -0.2) is 50.2 Å². The van der Waals surface area contributed by atoms with Crippen molar-refractivity contribution in [2.24, 2.45) is 0 Å². The standard InChI is InChI=1S/C7H13F3N2.ClH/c8-6(7(9)10)5-12-3-1-11-2-4-12;/h6-7,11H,1-5H2;1H. The first kappa shape index (κ1) is 13.0. The number of piperazine rings is 1. The molecule has 1 N–H and O–H groups in total. The highest BCUT2D eigenvalue weighted by Gasteiger charge is 2.22. The lowest BCUT2D eigenvalue weighted by molar-refractivity contribution is 0.0255. The minimum atomic E-state index is -2.85. The second-order valence-corrected chi connectivity index (χ2v) is 2.90. The number of alkyl halides is 3. The Labute approximate surface area is 81.9 Å². The Morgan fingerprint density at radius 3 is 2.15 bits per heavy atom. The van der Waals surface area contributed by atoms with Gasteiger partial charge in [0.15, 0.2) is 6.17 Å².